The summed E-state index contributed by atoms with van der Waals surface area (Å²) in [5, 5.41) is 0. The lowest BCUT2D eigenvalue weighted by atomic mass is 10.4. The van der Waals surface area contributed by atoms with Crippen molar-refractivity contribution in [2.75, 3.05) is 0 Å². The van der Waals surface area contributed by atoms with Gasteiger partial charge < -0.3 is 18.9 Å². The van der Waals surface area contributed by atoms with Crippen LogP contribution in [-0.4, -0.2) is 48.0 Å². The molecule has 0 aromatic rings. The van der Waals surface area contributed by atoms with Gasteiger partial charge in [-0.25, -0.2) is 9.59 Å². The van der Waals surface area contributed by atoms with Crippen molar-refractivity contribution in [1.29, 1.82) is 0 Å². The fraction of sp³-hybridized carbons (Fsp3) is 0.692. The molecule has 2 aliphatic heterocycles. The van der Waals surface area contributed by atoms with Crippen LogP contribution in [0.4, 0.5) is 0 Å². The zero-order valence-electron chi connectivity index (χ0n) is 12.9. The summed E-state index contributed by atoms with van der Waals surface area (Å²) < 4.78 is 28.9. The van der Waals surface area contributed by atoms with Crippen LogP contribution < -0.4 is 0 Å². The molecule has 2 heterocycles. The number of esters is 4. The van der Waals surface area contributed by atoms with Crippen molar-refractivity contribution in [1.82, 2.24) is 0 Å². The molecule has 0 N–H and O–H groups in total. The summed E-state index contributed by atoms with van der Waals surface area (Å²) in [6.45, 7) is 5.82. The first-order valence-electron chi connectivity index (χ1n) is 6.68. The maximum Gasteiger partial charge on any atom is 0.379 e. The molecule has 2 atom stereocenters. The molecule has 2 saturated heterocycles. The second kappa shape index (κ2) is 5.78. The van der Waals surface area contributed by atoms with Crippen molar-refractivity contribution in [2.24, 2.45) is 0 Å². The van der Waals surface area contributed by atoms with E-state index in [2.05, 4.69) is 9.47 Å². The predicted molar refractivity (Wildman–Crippen MR) is 66.9 cm³/mol. The SMILES string of the molecule is CC1(C)OC(=O)C(OC(=O)CC(=O)OC2OC(C)(C)OC2=O)O1. The minimum absolute atomic E-state index is 0.846. The number of ether oxygens (including phenoxy) is 6. The molecule has 0 saturated carbocycles. The van der Waals surface area contributed by atoms with E-state index in [1.54, 1.807) is 0 Å². The summed E-state index contributed by atoms with van der Waals surface area (Å²) in [6, 6.07) is 0. The fourth-order valence-corrected chi connectivity index (χ4v) is 1.82. The van der Waals surface area contributed by atoms with Crippen LogP contribution in [0.15, 0.2) is 0 Å². The van der Waals surface area contributed by atoms with Crippen LogP contribution in [0.2, 0.25) is 0 Å². The van der Waals surface area contributed by atoms with Gasteiger partial charge in [0.15, 0.2) is 0 Å². The molecule has 0 amide bonds. The van der Waals surface area contributed by atoms with Crippen LogP contribution in [0.5, 0.6) is 0 Å². The van der Waals surface area contributed by atoms with Crippen molar-refractivity contribution in [3.05, 3.63) is 0 Å². The Morgan fingerprint density at radius 2 is 1.22 bits per heavy atom. The van der Waals surface area contributed by atoms with Crippen LogP contribution in [0.25, 0.3) is 0 Å². The molecule has 0 aromatic carbocycles. The van der Waals surface area contributed by atoms with Crippen LogP contribution in [0.3, 0.4) is 0 Å². The molecule has 0 aliphatic carbocycles. The molecule has 0 bridgehead atoms. The van der Waals surface area contributed by atoms with Gasteiger partial charge in [-0.3, -0.25) is 19.1 Å². The predicted octanol–water partition coefficient (Wildman–Crippen LogP) is -0.266. The van der Waals surface area contributed by atoms with E-state index in [1.165, 1.54) is 27.7 Å². The minimum Gasteiger partial charge on any atom is -0.429 e. The zero-order valence-corrected chi connectivity index (χ0v) is 12.9. The van der Waals surface area contributed by atoms with Crippen molar-refractivity contribution in [3.8, 4) is 0 Å². The third-order valence-electron chi connectivity index (χ3n) is 2.63. The first-order valence-corrected chi connectivity index (χ1v) is 6.68. The molecule has 23 heavy (non-hydrogen) atoms. The molecule has 0 aromatic heterocycles. The molecule has 2 fully saturated rings. The Morgan fingerprint density at radius 3 is 1.48 bits per heavy atom. The monoisotopic (exact) mass is 332 g/mol. The Kier molecular flexibility index (Phi) is 4.31. The lowest BCUT2D eigenvalue weighted by molar-refractivity contribution is -0.204. The number of cyclic esters (lactones) is 2. The first-order chi connectivity index (χ1) is 10.5. The van der Waals surface area contributed by atoms with E-state index in [0.717, 1.165) is 0 Å². The van der Waals surface area contributed by atoms with Crippen LogP contribution in [0.1, 0.15) is 34.1 Å². The number of carbonyl (C=O) groups excluding carboxylic acids is 4. The number of hydrogen-bond acceptors (Lipinski definition) is 10. The number of rotatable bonds is 4. The van der Waals surface area contributed by atoms with E-state index in [1.807, 2.05) is 0 Å². The van der Waals surface area contributed by atoms with Gasteiger partial charge in [0, 0.05) is 27.7 Å². The van der Waals surface area contributed by atoms with E-state index >= 15 is 0 Å². The molecule has 2 aliphatic rings. The maximum absolute atomic E-state index is 11.6. The Balaban J connectivity index is 1.81. The summed E-state index contributed by atoms with van der Waals surface area (Å²) in [5.41, 5.74) is 0. The minimum atomic E-state index is -1.56. The molecule has 2 rings (SSSR count). The highest BCUT2D eigenvalue weighted by Gasteiger charge is 2.45. The molecular weight excluding hydrogens is 316 g/mol. The highest BCUT2D eigenvalue weighted by atomic mass is 16.9. The summed E-state index contributed by atoms with van der Waals surface area (Å²) in [5.74, 6) is -6.40. The molecule has 10 heteroatoms. The summed E-state index contributed by atoms with van der Waals surface area (Å²) in [6.07, 6.45) is -3.96. The van der Waals surface area contributed by atoms with E-state index in [9.17, 15) is 19.2 Å². The summed E-state index contributed by atoms with van der Waals surface area (Å²) in [7, 11) is 0. The molecule has 0 radical (unpaired) electrons. The maximum atomic E-state index is 11.6. The lowest BCUT2D eigenvalue weighted by Crippen LogP contribution is -2.30. The van der Waals surface area contributed by atoms with E-state index < -0.39 is 54.5 Å². The van der Waals surface area contributed by atoms with Gasteiger partial charge in [-0.1, -0.05) is 0 Å². The summed E-state index contributed by atoms with van der Waals surface area (Å²) >= 11 is 0. The van der Waals surface area contributed by atoms with Crippen molar-refractivity contribution in [3.63, 3.8) is 0 Å². The van der Waals surface area contributed by atoms with Gasteiger partial charge >= 0.3 is 36.5 Å². The van der Waals surface area contributed by atoms with Gasteiger partial charge in [-0.05, 0) is 0 Å². The third-order valence-corrected chi connectivity index (χ3v) is 2.63. The second-order valence-electron chi connectivity index (χ2n) is 5.70. The van der Waals surface area contributed by atoms with Gasteiger partial charge in [-0.2, -0.15) is 0 Å². The molecule has 128 valence electrons. The fourth-order valence-electron chi connectivity index (χ4n) is 1.82. The molecular formula is C13H16O10. The van der Waals surface area contributed by atoms with Crippen molar-refractivity contribution < 1.29 is 47.6 Å². The van der Waals surface area contributed by atoms with Gasteiger partial charge in [-0.15, -0.1) is 0 Å². The van der Waals surface area contributed by atoms with E-state index in [-0.39, 0.29) is 0 Å². The lowest BCUT2D eigenvalue weighted by Gasteiger charge is -2.15. The molecule has 0 spiro atoms. The standard InChI is InChI=1S/C13H16O10/c1-12(2)20-8(16)10(22-12)18-6(14)5-7(15)19-11-9(17)21-13(3,4)23-11/h10-11H,5H2,1-4H3. The Labute approximate surface area is 130 Å². The number of hydrogen-bond donors (Lipinski definition) is 0. The normalized spacial score (nSPS) is 28.0. The Bertz CT molecular complexity index is 501. The third kappa shape index (κ3) is 4.39. The highest BCUT2D eigenvalue weighted by Crippen LogP contribution is 2.26. The second-order valence-corrected chi connectivity index (χ2v) is 5.70. The highest BCUT2D eigenvalue weighted by molar-refractivity contribution is 5.93. The average molecular weight is 332 g/mol. The van der Waals surface area contributed by atoms with Crippen molar-refractivity contribution >= 4 is 23.9 Å². The van der Waals surface area contributed by atoms with E-state index in [0.29, 0.717) is 0 Å². The van der Waals surface area contributed by atoms with Gasteiger partial charge in [0.2, 0.25) is 11.6 Å². The van der Waals surface area contributed by atoms with Gasteiger partial charge in [0.1, 0.15) is 6.42 Å². The Hall–Kier alpha value is -2.20. The topological polar surface area (TPSA) is 124 Å². The van der Waals surface area contributed by atoms with Gasteiger partial charge in [0.25, 0.3) is 0 Å². The zero-order chi connectivity index (χ0) is 17.4. The smallest absolute Gasteiger partial charge is 0.379 e. The number of carbonyl (C=O) groups is 4. The van der Waals surface area contributed by atoms with E-state index in [4.69, 9.17) is 18.9 Å². The largest absolute Gasteiger partial charge is 0.429 e. The van der Waals surface area contributed by atoms with Gasteiger partial charge in [0.05, 0.1) is 0 Å². The quantitative estimate of drug-likeness (QED) is 0.386. The van der Waals surface area contributed by atoms with Crippen LogP contribution in [-0.2, 0) is 47.6 Å². The molecule has 2 unspecified atom stereocenters. The van der Waals surface area contributed by atoms with Crippen LogP contribution in [0, 0.1) is 0 Å². The van der Waals surface area contributed by atoms with Crippen LogP contribution >= 0.6 is 0 Å². The average Bonchev–Trinajstić information content (AvgIpc) is 2.73. The Morgan fingerprint density at radius 1 is 0.870 bits per heavy atom. The summed E-state index contributed by atoms with van der Waals surface area (Å²) in [4.78, 5) is 45.9. The van der Waals surface area contributed by atoms with Crippen molar-refractivity contribution in [2.45, 2.75) is 58.3 Å². The first kappa shape index (κ1) is 17.2. The molecule has 10 nitrogen and oxygen atoms in total.